The van der Waals surface area contributed by atoms with Gasteiger partial charge >= 0.3 is 7.60 Å². The van der Waals surface area contributed by atoms with Crippen LogP contribution in [0.4, 0.5) is 0 Å². The largest absolute Gasteiger partial charge is 0.354 e. The molecule has 0 aromatic heterocycles. The third-order valence-corrected chi connectivity index (χ3v) is 7.60. The lowest BCUT2D eigenvalue weighted by Gasteiger charge is -2.29. The second-order valence-corrected chi connectivity index (χ2v) is 9.62. The van der Waals surface area contributed by atoms with Crippen LogP contribution in [0.5, 0.6) is 0 Å². The number of nitrogens with two attached hydrogens (primary N) is 1. The van der Waals surface area contributed by atoms with Gasteiger partial charge in [0.2, 0.25) is 0 Å². The normalized spacial score (nSPS) is 17.1. The van der Waals surface area contributed by atoms with E-state index in [1.165, 1.54) is 10.5 Å². The van der Waals surface area contributed by atoms with Crippen LogP contribution in [0, 0.1) is 0 Å². The van der Waals surface area contributed by atoms with E-state index in [1.807, 2.05) is 31.7 Å². The van der Waals surface area contributed by atoms with Gasteiger partial charge in [-0.15, -0.1) is 11.8 Å². The Morgan fingerprint density at radius 1 is 1.19 bits per heavy atom. The van der Waals surface area contributed by atoms with Gasteiger partial charge in [0.05, 0.1) is 13.2 Å². The van der Waals surface area contributed by atoms with Gasteiger partial charge in [-0.05, 0) is 51.8 Å². The van der Waals surface area contributed by atoms with Crippen LogP contribution in [0.25, 0.3) is 0 Å². The van der Waals surface area contributed by atoms with Gasteiger partial charge in [0.1, 0.15) is 0 Å². The summed E-state index contributed by atoms with van der Waals surface area (Å²) in [4.78, 5) is 3.71. The molecule has 0 radical (unpaired) electrons. The fourth-order valence-electron chi connectivity index (χ4n) is 3.04. The van der Waals surface area contributed by atoms with Crippen LogP contribution in [0.1, 0.15) is 33.1 Å². The third kappa shape index (κ3) is 8.51. The average Bonchev–Trinajstić information content (AvgIpc) is 2.67. The molecule has 0 saturated carbocycles. The molecule has 1 saturated heterocycles. The molecule has 0 unspecified atom stereocenters. The van der Waals surface area contributed by atoms with E-state index in [2.05, 4.69) is 29.2 Å². The monoisotopic (exact) mass is 412 g/mol. The van der Waals surface area contributed by atoms with E-state index in [0.29, 0.717) is 13.2 Å². The van der Waals surface area contributed by atoms with Gasteiger partial charge < -0.3 is 19.7 Å². The maximum absolute atomic E-state index is 12.6. The van der Waals surface area contributed by atoms with Crippen LogP contribution < -0.4 is 5.73 Å². The first-order valence-electron chi connectivity index (χ1n) is 9.80. The summed E-state index contributed by atoms with van der Waals surface area (Å²) in [7, 11) is -3.08. The molecule has 0 aliphatic carbocycles. The van der Waals surface area contributed by atoms with E-state index < -0.39 is 7.60 Å². The molecule has 5 nitrogen and oxygen atoms in total. The molecule has 2 N–H and O–H groups in total. The van der Waals surface area contributed by atoms with Crippen molar-refractivity contribution in [3.8, 4) is 0 Å². The first kappa shape index (κ1) is 22.7. The second kappa shape index (κ2) is 12.1. The maximum Gasteiger partial charge on any atom is 0.354 e. The molecule has 1 aliphatic heterocycles. The Labute approximate surface area is 168 Å². The molecule has 7 heteroatoms. The fraction of sp³-hybridized carbons (Fsp3) is 0.600. The topological polar surface area (TPSA) is 64.8 Å². The minimum Gasteiger partial charge on any atom is -0.327 e. The quantitative estimate of drug-likeness (QED) is 0.418. The Kier molecular flexibility index (Phi) is 10.1. The van der Waals surface area contributed by atoms with Crippen LogP contribution in [-0.4, -0.2) is 49.5 Å². The zero-order valence-electron chi connectivity index (χ0n) is 16.5. The first-order chi connectivity index (χ1) is 13.0. The van der Waals surface area contributed by atoms with Gasteiger partial charge in [-0.25, -0.2) is 0 Å². The van der Waals surface area contributed by atoms with E-state index in [1.54, 1.807) is 5.82 Å². The SMILES string of the molecule is CCOP(=O)(C=C1CCN(CC[C@@H](N)CSc2ccccc2)CC1)OCC. The number of thioether (sulfide) groups is 1. The lowest BCUT2D eigenvalue weighted by molar-refractivity contribution is 0.227. The van der Waals surface area contributed by atoms with Crippen LogP contribution in [0.15, 0.2) is 46.6 Å². The van der Waals surface area contributed by atoms with Gasteiger partial charge in [-0.2, -0.15) is 0 Å². The van der Waals surface area contributed by atoms with Gasteiger partial charge in [-0.1, -0.05) is 23.8 Å². The maximum atomic E-state index is 12.6. The molecule has 0 spiro atoms. The van der Waals surface area contributed by atoms with Crippen molar-refractivity contribution in [2.24, 2.45) is 5.73 Å². The predicted molar refractivity (Wildman–Crippen MR) is 114 cm³/mol. The molecule has 1 aromatic rings. The highest BCUT2D eigenvalue weighted by Gasteiger charge is 2.23. The fourth-order valence-corrected chi connectivity index (χ4v) is 5.61. The lowest BCUT2D eigenvalue weighted by Crippen LogP contribution is -2.35. The molecule has 1 heterocycles. The minimum absolute atomic E-state index is 0.197. The van der Waals surface area contributed by atoms with Crippen molar-refractivity contribution in [2.75, 3.05) is 38.6 Å². The molecule has 152 valence electrons. The van der Waals surface area contributed by atoms with E-state index in [0.717, 1.165) is 44.6 Å². The average molecular weight is 413 g/mol. The number of nitrogens with zero attached hydrogens (tertiary/aromatic N) is 1. The summed E-state index contributed by atoms with van der Waals surface area (Å²) in [6, 6.07) is 10.6. The van der Waals surface area contributed by atoms with Crippen molar-refractivity contribution in [3.05, 3.63) is 41.7 Å². The van der Waals surface area contributed by atoms with Crippen molar-refractivity contribution >= 4 is 19.4 Å². The van der Waals surface area contributed by atoms with Crippen LogP contribution in [0.3, 0.4) is 0 Å². The molecule has 1 aromatic carbocycles. The highest BCUT2D eigenvalue weighted by molar-refractivity contribution is 7.99. The zero-order chi connectivity index (χ0) is 19.5. The van der Waals surface area contributed by atoms with Gasteiger partial charge in [0.15, 0.2) is 0 Å². The Morgan fingerprint density at radius 2 is 1.81 bits per heavy atom. The van der Waals surface area contributed by atoms with E-state index >= 15 is 0 Å². The molecule has 1 fully saturated rings. The molecule has 1 atom stereocenters. The molecule has 0 amide bonds. The minimum atomic E-state index is -3.08. The molecule has 27 heavy (non-hydrogen) atoms. The van der Waals surface area contributed by atoms with E-state index in [4.69, 9.17) is 14.8 Å². The van der Waals surface area contributed by atoms with Crippen molar-refractivity contribution < 1.29 is 13.6 Å². The molecule has 0 bridgehead atoms. The molecule has 2 rings (SSSR count). The van der Waals surface area contributed by atoms with Gasteiger partial charge in [-0.3, -0.25) is 4.57 Å². The Balaban J connectivity index is 1.70. The number of hydrogen-bond donors (Lipinski definition) is 1. The summed E-state index contributed by atoms with van der Waals surface area (Å²) >= 11 is 1.82. The first-order valence-corrected chi connectivity index (χ1v) is 12.4. The van der Waals surface area contributed by atoms with Crippen molar-refractivity contribution in [3.63, 3.8) is 0 Å². The highest BCUT2D eigenvalue weighted by atomic mass is 32.2. The molecular formula is C20H33N2O3PS. The van der Waals surface area contributed by atoms with Crippen LogP contribution in [0.2, 0.25) is 0 Å². The van der Waals surface area contributed by atoms with Crippen molar-refractivity contribution in [1.29, 1.82) is 0 Å². The number of hydrogen-bond acceptors (Lipinski definition) is 6. The number of benzene rings is 1. The summed E-state index contributed by atoms with van der Waals surface area (Å²) in [5.74, 6) is 2.69. The summed E-state index contributed by atoms with van der Waals surface area (Å²) in [6.07, 6.45) is 2.82. The molecule has 1 aliphatic rings. The zero-order valence-corrected chi connectivity index (χ0v) is 18.2. The Hall–Kier alpha value is -0.620. The Morgan fingerprint density at radius 3 is 2.41 bits per heavy atom. The van der Waals surface area contributed by atoms with E-state index in [9.17, 15) is 4.57 Å². The third-order valence-electron chi connectivity index (χ3n) is 4.48. The lowest BCUT2D eigenvalue weighted by atomic mass is 10.1. The molecular weight excluding hydrogens is 379 g/mol. The summed E-state index contributed by atoms with van der Waals surface area (Å²) in [6.45, 7) is 7.43. The second-order valence-electron chi connectivity index (χ2n) is 6.68. The number of piperidine rings is 1. The predicted octanol–water partition coefficient (Wildman–Crippen LogP) is 4.74. The van der Waals surface area contributed by atoms with Gasteiger partial charge in [0, 0.05) is 35.6 Å². The standard InChI is InChI=1S/C20H33N2O3PS/c1-3-24-26(23,25-4-2)16-18-10-13-22(14-11-18)15-12-19(21)17-27-20-8-6-5-7-9-20/h5-9,16,19H,3-4,10-15,17,21H2,1-2H3/t19-/m1/s1. The summed E-state index contributed by atoms with van der Waals surface area (Å²) in [5.41, 5.74) is 7.47. The number of likely N-dealkylation sites (tertiary alicyclic amines) is 1. The van der Waals surface area contributed by atoms with E-state index in [-0.39, 0.29) is 6.04 Å². The Bertz CT molecular complexity index is 607. The highest BCUT2D eigenvalue weighted by Crippen LogP contribution is 2.51. The smallest absolute Gasteiger partial charge is 0.327 e. The van der Waals surface area contributed by atoms with Crippen molar-refractivity contribution in [2.45, 2.75) is 44.0 Å². The van der Waals surface area contributed by atoms with Crippen LogP contribution in [-0.2, 0) is 13.6 Å². The van der Waals surface area contributed by atoms with Crippen LogP contribution >= 0.6 is 19.4 Å². The van der Waals surface area contributed by atoms with Crippen molar-refractivity contribution in [1.82, 2.24) is 4.90 Å². The summed E-state index contributed by atoms with van der Waals surface area (Å²) < 4.78 is 23.3. The van der Waals surface area contributed by atoms with Gasteiger partial charge in [0.25, 0.3) is 0 Å². The number of rotatable bonds is 11. The summed E-state index contributed by atoms with van der Waals surface area (Å²) in [5, 5.41) is 0.